The standard InChI is InChI=1S/C14H12N2O3/c1-8-4-3-5-11-12(8)16(14(18)13(11)17)7-10-6-9(2)19-15-10/h3-6H,7H2,1-2H3. The summed E-state index contributed by atoms with van der Waals surface area (Å²) in [6.07, 6.45) is 0. The molecule has 1 aliphatic rings. The van der Waals surface area contributed by atoms with E-state index in [2.05, 4.69) is 5.16 Å². The molecule has 0 radical (unpaired) electrons. The number of fused-ring (bicyclic) bond motifs is 1. The van der Waals surface area contributed by atoms with Gasteiger partial charge in [0.1, 0.15) is 11.5 Å². The number of benzene rings is 1. The second-order valence-electron chi connectivity index (χ2n) is 4.62. The highest BCUT2D eigenvalue weighted by atomic mass is 16.5. The first-order chi connectivity index (χ1) is 9.08. The maximum Gasteiger partial charge on any atom is 0.299 e. The van der Waals surface area contributed by atoms with Crippen molar-refractivity contribution in [3.63, 3.8) is 0 Å². The number of hydrogen-bond acceptors (Lipinski definition) is 4. The van der Waals surface area contributed by atoms with Gasteiger partial charge >= 0.3 is 0 Å². The van der Waals surface area contributed by atoms with Crippen molar-refractivity contribution in [1.29, 1.82) is 0 Å². The number of ketones is 1. The number of carbonyl (C=O) groups is 2. The quantitative estimate of drug-likeness (QED) is 0.771. The first-order valence-electron chi connectivity index (χ1n) is 5.96. The Kier molecular flexibility index (Phi) is 2.48. The third-order valence-corrected chi connectivity index (χ3v) is 3.19. The third kappa shape index (κ3) is 1.74. The van der Waals surface area contributed by atoms with Crippen molar-refractivity contribution >= 4 is 17.4 Å². The van der Waals surface area contributed by atoms with Crippen LogP contribution >= 0.6 is 0 Å². The number of aryl methyl sites for hydroxylation is 2. The van der Waals surface area contributed by atoms with Crippen molar-refractivity contribution in [3.8, 4) is 0 Å². The van der Waals surface area contributed by atoms with Crippen LogP contribution in [0.1, 0.15) is 27.4 Å². The summed E-state index contributed by atoms with van der Waals surface area (Å²) in [5.74, 6) is -0.290. The first kappa shape index (κ1) is 11.6. The van der Waals surface area contributed by atoms with E-state index < -0.39 is 11.7 Å². The van der Waals surface area contributed by atoms with Gasteiger partial charge in [0.25, 0.3) is 11.7 Å². The SMILES string of the molecule is Cc1cc(CN2C(=O)C(=O)c3cccc(C)c32)no1. The molecule has 1 amide bonds. The Bertz CT molecular complexity index is 688. The summed E-state index contributed by atoms with van der Waals surface area (Å²) in [5, 5.41) is 3.86. The second kappa shape index (κ2) is 4.05. The number of anilines is 1. The van der Waals surface area contributed by atoms with Gasteiger partial charge < -0.3 is 4.52 Å². The fraction of sp³-hybridized carbons (Fsp3) is 0.214. The zero-order valence-corrected chi connectivity index (χ0v) is 10.6. The van der Waals surface area contributed by atoms with Crippen LogP contribution in [0.4, 0.5) is 5.69 Å². The van der Waals surface area contributed by atoms with Gasteiger partial charge in [0.15, 0.2) is 0 Å². The lowest BCUT2D eigenvalue weighted by Crippen LogP contribution is -2.29. The van der Waals surface area contributed by atoms with Crippen LogP contribution in [-0.4, -0.2) is 16.8 Å². The topological polar surface area (TPSA) is 63.4 Å². The van der Waals surface area contributed by atoms with Gasteiger partial charge in [-0.3, -0.25) is 14.5 Å². The van der Waals surface area contributed by atoms with Crippen LogP contribution in [0.2, 0.25) is 0 Å². The van der Waals surface area contributed by atoms with Crippen molar-refractivity contribution in [2.24, 2.45) is 0 Å². The van der Waals surface area contributed by atoms with Crippen LogP contribution < -0.4 is 4.90 Å². The van der Waals surface area contributed by atoms with Crippen LogP contribution in [0.15, 0.2) is 28.8 Å². The van der Waals surface area contributed by atoms with Crippen molar-refractivity contribution in [2.75, 3.05) is 4.90 Å². The van der Waals surface area contributed by atoms with Crippen LogP contribution in [-0.2, 0) is 11.3 Å². The molecule has 0 saturated carbocycles. The second-order valence-corrected chi connectivity index (χ2v) is 4.62. The minimum Gasteiger partial charge on any atom is -0.361 e. The van der Waals surface area contributed by atoms with Gasteiger partial charge in [0.2, 0.25) is 0 Å². The van der Waals surface area contributed by atoms with E-state index in [-0.39, 0.29) is 6.54 Å². The van der Waals surface area contributed by atoms with Crippen LogP contribution in [0.3, 0.4) is 0 Å². The maximum absolute atomic E-state index is 12.0. The van der Waals surface area contributed by atoms with Crippen LogP contribution in [0, 0.1) is 13.8 Å². The molecule has 2 aromatic rings. The maximum atomic E-state index is 12.0. The molecule has 1 aromatic heterocycles. The minimum absolute atomic E-state index is 0.250. The third-order valence-electron chi connectivity index (χ3n) is 3.19. The van der Waals surface area contributed by atoms with Crippen LogP contribution in [0.25, 0.3) is 0 Å². The van der Waals surface area contributed by atoms with E-state index in [1.165, 1.54) is 4.90 Å². The van der Waals surface area contributed by atoms with E-state index in [4.69, 9.17) is 4.52 Å². The zero-order chi connectivity index (χ0) is 13.6. The van der Waals surface area contributed by atoms with Gasteiger partial charge in [-0.1, -0.05) is 17.3 Å². The molecule has 0 aliphatic carbocycles. The van der Waals surface area contributed by atoms with Gasteiger partial charge in [-0.25, -0.2) is 0 Å². The molecule has 0 spiro atoms. The van der Waals surface area contributed by atoms with E-state index in [0.29, 0.717) is 22.7 Å². The number of hydrogen-bond donors (Lipinski definition) is 0. The fourth-order valence-electron chi connectivity index (χ4n) is 2.35. The Balaban J connectivity index is 2.04. The highest BCUT2D eigenvalue weighted by Crippen LogP contribution is 2.33. The van der Waals surface area contributed by atoms with E-state index in [1.807, 2.05) is 13.0 Å². The Morgan fingerprint density at radius 1 is 1.26 bits per heavy atom. The predicted molar refractivity (Wildman–Crippen MR) is 67.9 cm³/mol. The average Bonchev–Trinajstić information content (AvgIpc) is 2.89. The van der Waals surface area contributed by atoms with E-state index in [1.54, 1.807) is 25.1 Å². The summed E-state index contributed by atoms with van der Waals surface area (Å²) in [4.78, 5) is 25.4. The molecule has 96 valence electrons. The molecule has 0 bridgehead atoms. The summed E-state index contributed by atoms with van der Waals surface area (Å²) >= 11 is 0. The normalized spacial score (nSPS) is 14.1. The van der Waals surface area contributed by atoms with Gasteiger partial charge in [-0.05, 0) is 25.5 Å². The lowest BCUT2D eigenvalue weighted by molar-refractivity contribution is -0.114. The number of amides is 1. The summed E-state index contributed by atoms with van der Waals surface area (Å²) in [6.45, 7) is 3.91. The molecular formula is C14H12N2O3. The molecule has 1 aromatic carbocycles. The van der Waals surface area contributed by atoms with Crippen molar-refractivity contribution in [1.82, 2.24) is 5.16 Å². The molecule has 0 N–H and O–H groups in total. The molecule has 3 rings (SSSR count). The smallest absolute Gasteiger partial charge is 0.299 e. The Morgan fingerprint density at radius 3 is 2.74 bits per heavy atom. The van der Waals surface area contributed by atoms with E-state index >= 15 is 0 Å². The number of rotatable bonds is 2. The largest absolute Gasteiger partial charge is 0.361 e. The van der Waals surface area contributed by atoms with Gasteiger partial charge in [0.05, 0.1) is 17.8 Å². The van der Waals surface area contributed by atoms with Crippen molar-refractivity contribution in [3.05, 3.63) is 46.8 Å². The monoisotopic (exact) mass is 256 g/mol. The van der Waals surface area contributed by atoms with Gasteiger partial charge in [-0.15, -0.1) is 0 Å². The molecular weight excluding hydrogens is 244 g/mol. The molecule has 1 aliphatic heterocycles. The van der Waals surface area contributed by atoms with Crippen molar-refractivity contribution in [2.45, 2.75) is 20.4 Å². The summed E-state index contributed by atoms with van der Waals surface area (Å²) in [5.41, 5.74) is 2.68. The fourth-order valence-corrected chi connectivity index (χ4v) is 2.35. The molecule has 5 nitrogen and oxygen atoms in total. The Morgan fingerprint density at radius 2 is 2.05 bits per heavy atom. The zero-order valence-electron chi connectivity index (χ0n) is 10.6. The number of carbonyl (C=O) groups excluding carboxylic acids is 2. The van der Waals surface area contributed by atoms with Crippen LogP contribution in [0.5, 0.6) is 0 Å². The Hall–Kier alpha value is -2.43. The van der Waals surface area contributed by atoms with E-state index in [9.17, 15) is 9.59 Å². The van der Waals surface area contributed by atoms with Gasteiger partial charge in [-0.2, -0.15) is 0 Å². The lowest BCUT2D eigenvalue weighted by atomic mass is 10.1. The molecule has 0 saturated heterocycles. The molecule has 5 heteroatoms. The van der Waals surface area contributed by atoms with E-state index in [0.717, 1.165) is 5.56 Å². The number of nitrogens with zero attached hydrogens (tertiary/aromatic N) is 2. The number of para-hydroxylation sites is 1. The summed E-state index contributed by atoms with van der Waals surface area (Å²) in [7, 11) is 0. The number of aromatic nitrogens is 1. The van der Waals surface area contributed by atoms with Crippen molar-refractivity contribution < 1.29 is 14.1 Å². The molecule has 19 heavy (non-hydrogen) atoms. The highest BCUT2D eigenvalue weighted by molar-refractivity contribution is 6.52. The molecule has 2 heterocycles. The predicted octanol–water partition coefficient (Wildman–Crippen LogP) is 2.02. The highest BCUT2D eigenvalue weighted by Gasteiger charge is 2.37. The van der Waals surface area contributed by atoms with Gasteiger partial charge in [0, 0.05) is 6.07 Å². The minimum atomic E-state index is -0.509. The summed E-state index contributed by atoms with van der Waals surface area (Å²) in [6, 6.07) is 7.10. The Labute approximate surface area is 109 Å². The first-order valence-corrected chi connectivity index (χ1v) is 5.96. The summed E-state index contributed by atoms with van der Waals surface area (Å²) < 4.78 is 4.98. The number of Topliss-reactive ketones (excluding diaryl/α,β-unsaturated/α-hetero) is 1. The molecule has 0 unspecified atom stereocenters. The molecule has 0 fully saturated rings. The lowest BCUT2D eigenvalue weighted by Gasteiger charge is -2.16. The average molecular weight is 256 g/mol. The molecule has 0 atom stereocenters.